The van der Waals surface area contributed by atoms with Crippen LogP contribution in [-0.2, 0) is 0 Å². The summed E-state index contributed by atoms with van der Waals surface area (Å²) in [6.45, 7) is 2.53. The number of benzene rings is 1. The van der Waals surface area contributed by atoms with E-state index in [0.717, 1.165) is 16.6 Å². The molecule has 1 N–H and O–H groups in total. The van der Waals surface area contributed by atoms with Gasteiger partial charge < -0.3 is 5.32 Å². The molecule has 0 bridgehead atoms. The Hall–Kier alpha value is -1.33. The number of rotatable bonds is 4. The standard InChI is InChI=1S/C14H13BrF2N2/c1-2-18-14(13-6-3-9(15)8-19-13)11-7-10(16)4-5-12(11)17/h3-8,14,18H,2H2,1H3. The van der Waals surface area contributed by atoms with Crippen molar-refractivity contribution in [1.29, 1.82) is 0 Å². The fourth-order valence-electron chi connectivity index (χ4n) is 1.87. The van der Waals surface area contributed by atoms with Crippen LogP contribution in [0, 0.1) is 11.6 Å². The molecule has 2 aromatic rings. The molecule has 0 spiro atoms. The number of nitrogens with one attached hydrogen (secondary N) is 1. The number of pyridine rings is 1. The first-order chi connectivity index (χ1) is 9.11. The highest BCUT2D eigenvalue weighted by atomic mass is 79.9. The molecule has 0 aliphatic carbocycles. The van der Waals surface area contributed by atoms with Gasteiger partial charge in [0.1, 0.15) is 11.6 Å². The minimum Gasteiger partial charge on any atom is -0.305 e. The molecule has 0 saturated heterocycles. The molecule has 19 heavy (non-hydrogen) atoms. The van der Waals surface area contributed by atoms with Crippen molar-refractivity contribution in [3.05, 3.63) is 63.9 Å². The third kappa shape index (κ3) is 3.36. The minimum absolute atomic E-state index is 0.261. The van der Waals surface area contributed by atoms with Gasteiger partial charge in [-0.3, -0.25) is 4.98 Å². The summed E-state index contributed by atoms with van der Waals surface area (Å²) in [5.74, 6) is -0.909. The van der Waals surface area contributed by atoms with Crippen molar-refractivity contribution in [3.63, 3.8) is 0 Å². The quantitative estimate of drug-likeness (QED) is 0.923. The minimum atomic E-state index is -0.464. The molecule has 1 aromatic heterocycles. The Morgan fingerprint density at radius 1 is 1.26 bits per heavy atom. The smallest absolute Gasteiger partial charge is 0.128 e. The maximum absolute atomic E-state index is 13.9. The van der Waals surface area contributed by atoms with Crippen LogP contribution < -0.4 is 5.32 Å². The lowest BCUT2D eigenvalue weighted by atomic mass is 10.0. The zero-order chi connectivity index (χ0) is 13.8. The molecular weight excluding hydrogens is 314 g/mol. The lowest BCUT2D eigenvalue weighted by molar-refractivity contribution is 0.539. The van der Waals surface area contributed by atoms with E-state index in [4.69, 9.17) is 0 Å². The van der Waals surface area contributed by atoms with Gasteiger partial charge in [-0.05, 0) is 52.8 Å². The van der Waals surface area contributed by atoms with Crippen molar-refractivity contribution in [3.8, 4) is 0 Å². The van der Waals surface area contributed by atoms with E-state index in [0.29, 0.717) is 12.2 Å². The fourth-order valence-corrected chi connectivity index (χ4v) is 2.11. The molecule has 2 nitrogen and oxygen atoms in total. The van der Waals surface area contributed by atoms with Crippen LogP contribution in [0.5, 0.6) is 0 Å². The van der Waals surface area contributed by atoms with Crippen LogP contribution in [0.4, 0.5) is 8.78 Å². The molecule has 1 heterocycles. The van der Waals surface area contributed by atoms with E-state index < -0.39 is 17.7 Å². The monoisotopic (exact) mass is 326 g/mol. The van der Waals surface area contributed by atoms with Crippen molar-refractivity contribution in [2.45, 2.75) is 13.0 Å². The topological polar surface area (TPSA) is 24.9 Å². The van der Waals surface area contributed by atoms with E-state index in [9.17, 15) is 8.78 Å². The molecule has 100 valence electrons. The first-order valence-electron chi connectivity index (χ1n) is 5.91. The van der Waals surface area contributed by atoms with Crippen LogP contribution >= 0.6 is 15.9 Å². The Balaban J connectivity index is 2.44. The Kier molecular flexibility index (Phi) is 4.61. The normalized spacial score (nSPS) is 12.4. The average molecular weight is 327 g/mol. The van der Waals surface area contributed by atoms with Crippen molar-refractivity contribution in [2.75, 3.05) is 6.54 Å². The summed E-state index contributed by atoms with van der Waals surface area (Å²) >= 11 is 3.30. The second-order valence-corrected chi connectivity index (χ2v) is 4.97. The number of halogens is 3. The van der Waals surface area contributed by atoms with Gasteiger partial charge in [0.2, 0.25) is 0 Å². The van der Waals surface area contributed by atoms with E-state index in [1.165, 1.54) is 6.07 Å². The zero-order valence-electron chi connectivity index (χ0n) is 10.3. The molecule has 0 fully saturated rings. The second-order valence-electron chi connectivity index (χ2n) is 4.06. The SMILES string of the molecule is CCNC(c1ccc(Br)cn1)c1cc(F)ccc1F. The molecule has 5 heteroatoms. The van der Waals surface area contributed by atoms with Crippen molar-refractivity contribution in [1.82, 2.24) is 10.3 Å². The second kappa shape index (κ2) is 6.21. The number of aromatic nitrogens is 1. The van der Waals surface area contributed by atoms with Gasteiger partial charge in [-0.25, -0.2) is 8.78 Å². The molecule has 0 aliphatic rings. The third-order valence-corrected chi connectivity index (χ3v) is 3.19. The van der Waals surface area contributed by atoms with Gasteiger partial charge in [0.25, 0.3) is 0 Å². The van der Waals surface area contributed by atoms with Crippen molar-refractivity contribution < 1.29 is 8.78 Å². The lowest BCUT2D eigenvalue weighted by Crippen LogP contribution is -2.24. The van der Waals surface area contributed by atoms with Crippen LogP contribution in [-0.4, -0.2) is 11.5 Å². The maximum atomic E-state index is 13.9. The van der Waals surface area contributed by atoms with Crippen LogP contribution in [0.15, 0.2) is 41.0 Å². The highest BCUT2D eigenvalue weighted by molar-refractivity contribution is 9.10. The summed E-state index contributed by atoms with van der Waals surface area (Å²) in [5, 5.41) is 3.12. The van der Waals surface area contributed by atoms with Gasteiger partial charge in [-0.2, -0.15) is 0 Å². The molecular formula is C14H13BrF2N2. The fraction of sp³-hybridized carbons (Fsp3) is 0.214. The first-order valence-corrected chi connectivity index (χ1v) is 6.71. The zero-order valence-corrected chi connectivity index (χ0v) is 11.9. The van der Waals surface area contributed by atoms with E-state index in [2.05, 4.69) is 26.2 Å². The van der Waals surface area contributed by atoms with Crippen molar-refractivity contribution >= 4 is 15.9 Å². The van der Waals surface area contributed by atoms with E-state index in [1.807, 2.05) is 13.0 Å². The molecule has 1 atom stereocenters. The van der Waals surface area contributed by atoms with E-state index in [1.54, 1.807) is 12.3 Å². The average Bonchev–Trinajstić information content (AvgIpc) is 2.40. The molecule has 1 aromatic carbocycles. The molecule has 0 aliphatic heterocycles. The Morgan fingerprint density at radius 3 is 2.68 bits per heavy atom. The highest BCUT2D eigenvalue weighted by Gasteiger charge is 2.18. The maximum Gasteiger partial charge on any atom is 0.128 e. The molecule has 2 rings (SSSR count). The van der Waals surface area contributed by atoms with E-state index >= 15 is 0 Å². The molecule has 0 amide bonds. The van der Waals surface area contributed by atoms with Crippen LogP contribution in [0.1, 0.15) is 24.2 Å². The van der Waals surface area contributed by atoms with Gasteiger partial charge in [0.15, 0.2) is 0 Å². The van der Waals surface area contributed by atoms with Crippen molar-refractivity contribution in [2.24, 2.45) is 0 Å². The van der Waals surface area contributed by atoms with Gasteiger partial charge in [0, 0.05) is 16.2 Å². The van der Waals surface area contributed by atoms with Crippen LogP contribution in [0.3, 0.4) is 0 Å². The Bertz CT molecular complexity index is 558. The third-order valence-electron chi connectivity index (χ3n) is 2.72. The summed E-state index contributed by atoms with van der Waals surface area (Å²) in [5.41, 5.74) is 0.909. The largest absolute Gasteiger partial charge is 0.305 e. The summed E-state index contributed by atoms with van der Waals surface area (Å²) in [6.07, 6.45) is 1.64. The predicted molar refractivity (Wildman–Crippen MR) is 73.8 cm³/mol. The number of hydrogen-bond donors (Lipinski definition) is 1. The summed E-state index contributed by atoms with van der Waals surface area (Å²) < 4.78 is 28.0. The summed E-state index contributed by atoms with van der Waals surface area (Å²) in [6, 6.07) is 6.58. The first kappa shape index (κ1) is 14.1. The molecule has 0 saturated carbocycles. The van der Waals surface area contributed by atoms with Crippen LogP contribution in [0.2, 0.25) is 0 Å². The van der Waals surface area contributed by atoms with Gasteiger partial charge >= 0.3 is 0 Å². The summed E-state index contributed by atoms with van der Waals surface area (Å²) in [4.78, 5) is 4.25. The Labute approximate surface area is 119 Å². The van der Waals surface area contributed by atoms with Crippen LogP contribution in [0.25, 0.3) is 0 Å². The number of hydrogen-bond acceptors (Lipinski definition) is 2. The molecule has 0 radical (unpaired) electrons. The Morgan fingerprint density at radius 2 is 2.05 bits per heavy atom. The lowest BCUT2D eigenvalue weighted by Gasteiger charge is -2.18. The highest BCUT2D eigenvalue weighted by Crippen LogP contribution is 2.24. The summed E-state index contributed by atoms with van der Waals surface area (Å²) in [7, 11) is 0. The molecule has 1 unspecified atom stereocenters. The van der Waals surface area contributed by atoms with Gasteiger partial charge in [-0.15, -0.1) is 0 Å². The number of nitrogens with zero attached hydrogens (tertiary/aromatic N) is 1. The van der Waals surface area contributed by atoms with Gasteiger partial charge in [-0.1, -0.05) is 6.92 Å². The van der Waals surface area contributed by atoms with Gasteiger partial charge in [0.05, 0.1) is 11.7 Å². The van der Waals surface area contributed by atoms with E-state index in [-0.39, 0.29) is 5.56 Å². The predicted octanol–water partition coefficient (Wildman–Crippen LogP) is 3.82.